The molecule has 0 aromatic heterocycles. The molecule has 11 nitrogen and oxygen atoms in total. The predicted molar refractivity (Wildman–Crippen MR) is 217 cm³/mol. The van der Waals surface area contributed by atoms with Gasteiger partial charge in [0.25, 0.3) is 0 Å². The number of aliphatic hydroxyl groups is 1. The van der Waals surface area contributed by atoms with Crippen molar-refractivity contribution in [3.05, 3.63) is 89.5 Å². The van der Waals surface area contributed by atoms with Crippen LogP contribution in [0.15, 0.2) is 72.8 Å². The number of phenols is 1. The highest BCUT2D eigenvalue weighted by Gasteiger charge is 2.23. The number of hydrogen-bond donors (Lipinski definition) is 4. The molecule has 3 atom stereocenters. The summed E-state index contributed by atoms with van der Waals surface area (Å²) in [5.74, 6) is -1.86. The zero-order valence-electron chi connectivity index (χ0n) is 47.0. The SMILES string of the molecule is CC(C)N.COCCc1ccc(O)cc1.[2H]C([2H])(Cl)C1([2H])OC1([2H])[2H].[2H]C([2H])(NC(C)C)C([2H])(O)C([2H])([2H])Oc1ccc(CCOC)cc1.[2H]C([2H])(Oc1ccc(CCOC)cc1)C1([2H])OC1([2H])[2H]. The molecular weight excluding hydrogens is 712 g/mol. The van der Waals surface area contributed by atoms with Crippen LogP contribution >= 0.6 is 11.6 Å². The van der Waals surface area contributed by atoms with Gasteiger partial charge in [-0.05, 0) is 78.4 Å². The van der Waals surface area contributed by atoms with Crippen molar-refractivity contribution in [1.82, 2.24) is 5.32 Å². The summed E-state index contributed by atoms with van der Waals surface area (Å²) >= 11 is 5.04. The van der Waals surface area contributed by atoms with E-state index in [1.807, 2.05) is 26.0 Å². The minimum atomic E-state index is -3.17. The maximum absolute atomic E-state index is 10.2. The lowest BCUT2D eigenvalue weighted by Gasteiger charge is -2.15. The van der Waals surface area contributed by atoms with E-state index in [1.165, 1.54) is 17.7 Å². The molecule has 306 valence electrons. The number of nitrogens with two attached hydrogens (primary N) is 1. The Morgan fingerprint density at radius 3 is 1.52 bits per heavy atom. The Morgan fingerprint density at radius 2 is 1.19 bits per heavy atom. The van der Waals surface area contributed by atoms with Gasteiger partial charge in [-0.15, -0.1) is 11.6 Å². The third-order valence-electron chi connectivity index (χ3n) is 6.07. The Balaban J connectivity index is 0.000000472. The largest absolute Gasteiger partial charge is 0.508 e. The molecule has 3 aromatic carbocycles. The molecule has 3 unspecified atom stereocenters. The van der Waals surface area contributed by atoms with Crippen molar-refractivity contribution in [2.75, 3.05) is 79.7 Å². The molecule has 0 spiro atoms. The van der Waals surface area contributed by atoms with E-state index in [4.69, 9.17) is 66.7 Å². The molecule has 0 saturated carbocycles. The molecule has 2 saturated heterocycles. The second kappa shape index (κ2) is 31.3. The van der Waals surface area contributed by atoms with E-state index in [1.54, 1.807) is 83.7 Å². The molecule has 0 aliphatic carbocycles. The normalized spacial score (nSPS) is 25.9. The second-order valence-electron chi connectivity index (χ2n) is 11.8. The predicted octanol–water partition coefficient (Wildman–Crippen LogP) is 5.82. The smallest absolute Gasteiger partial charge is 0.119 e. The van der Waals surface area contributed by atoms with Gasteiger partial charge in [-0.3, -0.25) is 0 Å². The maximum atomic E-state index is 10.2. The molecule has 3 aromatic rings. The van der Waals surface area contributed by atoms with Crippen LogP contribution in [-0.2, 0) is 42.9 Å². The summed E-state index contributed by atoms with van der Waals surface area (Å²) in [4.78, 5) is 0. The third kappa shape index (κ3) is 29.4. The second-order valence-corrected chi connectivity index (χ2v) is 12.0. The van der Waals surface area contributed by atoms with Crippen LogP contribution in [0, 0.1) is 0 Å². The molecule has 2 heterocycles. The molecule has 2 aliphatic heterocycles. The number of benzene rings is 3. The number of phenolic OH excluding ortho intramolecular Hbond substituents is 1. The first-order chi connectivity index (χ1) is 31.4. The zero-order chi connectivity index (χ0) is 53.5. The summed E-state index contributed by atoms with van der Waals surface area (Å²) in [6.07, 6.45) is -5.42. The maximum Gasteiger partial charge on any atom is 0.119 e. The summed E-state index contributed by atoms with van der Waals surface area (Å²) < 4.78 is 144. The van der Waals surface area contributed by atoms with Gasteiger partial charge >= 0.3 is 0 Å². The van der Waals surface area contributed by atoms with Gasteiger partial charge in [0.1, 0.15) is 42.5 Å². The minimum Gasteiger partial charge on any atom is -0.508 e. The fraction of sp³-hybridized carbons (Fsp3) is 0.571. The highest BCUT2D eigenvalue weighted by molar-refractivity contribution is 6.18. The average Bonchev–Trinajstić information content (AvgIpc) is 3.99. The van der Waals surface area contributed by atoms with E-state index in [9.17, 15) is 5.11 Å². The van der Waals surface area contributed by atoms with Gasteiger partial charge < -0.3 is 54.4 Å². The number of rotatable bonds is 19. The van der Waals surface area contributed by atoms with Crippen molar-refractivity contribution < 1.29 is 63.9 Å². The lowest BCUT2D eigenvalue weighted by Crippen LogP contribution is -2.35. The number of aromatic hydroxyl groups is 1. The molecule has 54 heavy (non-hydrogen) atoms. The van der Waals surface area contributed by atoms with Crippen LogP contribution in [0.1, 0.15) is 64.9 Å². The lowest BCUT2D eigenvalue weighted by atomic mass is 10.1. The van der Waals surface area contributed by atoms with E-state index in [-0.39, 0.29) is 11.5 Å². The van der Waals surface area contributed by atoms with Crippen LogP contribution in [0.25, 0.3) is 0 Å². The van der Waals surface area contributed by atoms with Crippen molar-refractivity contribution in [2.45, 2.75) is 77.3 Å². The van der Waals surface area contributed by atoms with Gasteiger partial charge in [-0.25, -0.2) is 0 Å². The van der Waals surface area contributed by atoms with Crippen molar-refractivity contribution >= 4 is 11.6 Å². The quantitative estimate of drug-likeness (QED) is 0.0859. The first-order valence-corrected chi connectivity index (χ1v) is 17.4. The molecular formula is C42H67ClN2O9. The first-order valence-electron chi connectivity index (χ1n) is 24.6. The van der Waals surface area contributed by atoms with Gasteiger partial charge in [0.15, 0.2) is 0 Å². The highest BCUT2D eigenvalue weighted by atomic mass is 35.5. The van der Waals surface area contributed by atoms with Crippen LogP contribution in [0.2, 0.25) is 0 Å². The molecule has 2 aliphatic rings. The Bertz CT molecular complexity index is 1950. The van der Waals surface area contributed by atoms with Crippen LogP contribution in [0.3, 0.4) is 0 Å². The standard InChI is InChI=1S/C15H25NO3.C12H16O3.C9H12O2.C3H5ClO.C3H9N/c1-12(2)16-10-14(17)11-19-15-6-4-13(5-7-15)8-9-18-3;1-13-7-6-10-2-4-11(5-3-10)14-8-12-9-15-12;1-11-7-6-8-2-4-9(10)5-3-8;4-1-3-2-5-3;1-3(2)4/h4-7,12,14,16-17H,8-11H2,1-3H3;2-5,12H,6-9H2,1H3;2-5,10H,6-7H2,1H3;3H,1-2H2;3H,4H2,1-2H3/i10D2,11D2,14D;8D2,9D2,12D;;1D2,2D2,3D;. The van der Waals surface area contributed by atoms with Gasteiger partial charge in [0.2, 0.25) is 0 Å². The Labute approximate surface area is 350 Å². The van der Waals surface area contributed by atoms with Gasteiger partial charge in [-0.2, -0.15) is 0 Å². The Kier molecular flexibility index (Phi) is 17.0. The Morgan fingerprint density at radius 1 is 0.796 bits per heavy atom. The number of ether oxygens (including phenoxy) is 7. The van der Waals surface area contributed by atoms with Gasteiger partial charge in [0, 0.05) is 39.4 Å². The number of epoxide rings is 2. The number of methoxy groups -OCH3 is 3. The fourth-order valence-corrected chi connectivity index (χ4v) is 3.43. The summed E-state index contributed by atoms with van der Waals surface area (Å²) in [6.45, 7) is -3.86. The van der Waals surface area contributed by atoms with E-state index < -0.39 is 62.8 Å². The molecule has 0 amide bonds. The van der Waals surface area contributed by atoms with Crippen LogP contribution in [-0.4, -0.2) is 120 Å². The molecule has 0 bridgehead atoms. The fourth-order valence-electron chi connectivity index (χ4n) is 3.35. The van der Waals surface area contributed by atoms with E-state index >= 15 is 0 Å². The lowest BCUT2D eigenvalue weighted by molar-refractivity contribution is 0.104. The molecule has 12 heteroatoms. The summed E-state index contributed by atoms with van der Waals surface area (Å²) in [5, 5.41) is 21.5. The van der Waals surface area contributed by atoms with Crippen molar-refractivity contribution in [3.8, 4) is 17.2 Å². The van der Waals surface area contributed by atoms with Crippen molar-refractivity contribution in [3.63, 3.8) is 0 Å². The van der Waals surface area contributed by atoms with E-state index in [0.29, 0.717) is 31.4 Å². The highest BCUT2D eigenvalue weighted by Crippen LogP contribution is 2.16. The topological polar surface area (TPSA) is 150 Å². The average molecular weight is 795 g/mol. The minimum absolute atomic E-state index is 0.0900. The number of hydrogen-bond acceptors (Lipinski definition) is 11. The summed E-state index contributed by atoms with van der Waals surface area (Å²) in [5.41, 5.74) is 8.27. The van der Waals surface area contributed by atoms with Gasteiger partial charge in [-0.1, -0.05) is 64.1 Å². The van der Waals surface area contributed by atoms with Crippen LogP contribution in [0.5, 0.6) is 17.2 Å². The van der Waals surface area contributed by atoms with E-state index in [0.717, 1.165) is 30.6 Å². The number of alkyl halides is 1. The van der Waals surface area contributed by atoms with Crippen LogP contribution in [0.4, 0.5) is 0 Å². The molecule has 5 N–H and O–H groups in total. The summed E-state index contributed by atoms with van der Waals surface area (Å²) in [7, 11) is 4.89. The van der Waals surface area contributed by atoms with Crippen molar-refractivity contribution in [1.29, 1.82) is 0 Å². The Hall–Kier alpha value is -2.97. The summed E-state index contributed by atoms with van der Waals surface area (Å²) in [6, 6.07) is 20.2. The molecule has 2 fully saturated rings. The molecule has 5 rings (SSSR count). The molecule has 0 radical (unpaired) electrons. The van der Waals surface area contributed by atoms with Crippen LogP contribution < -0.4 is 20.5 Å². The number of nitrogens with one attached hydrogen (secondary N) is 1. The van der Waals surface area contributed by atoms with Crippen molar-refractivity contribution in [2.24, 2.45) is 5.73 Å². The van der Waals surface area contributed by atoms with Gasteiger partial charge in [0.05, 0.1) is 59.9 Å². The third-order valence-corrected chi connectivity index (χ3v) is 6.24. The monoisotopic (exact) mass is 794 g/mol. The number of halogens is 1. The first kappa shape index (κ1) is 29.3. The van der Waals surface area contributed by atoms with E-state index in [2.05, 4.69) is 14.8 Å². The zero-order valence-corrected chi connectivity index (χ0v) is 32.8.